The van der Waals surface area contributed by atoms with Gasteiger partial charge in [0.05, 0.1) is 12.8 Å². The van der Waals surface area contributed by atoms with Gasteiger partial charge in [0.1, 0.15) is 5.75 Å². The third-order valence-corrected chi connectivity index (χ3v) is 4.12. The zero-order chi connectivity index (χ0) is 15.5. The van der Waals surface area contributed by atoms with Crippen LogP contribution in [0.15, 0.2) is 59.2 Å². The average Bonchev–Trinajstić information content (AvgIpc) is 2.89. The maximum atomic E-state index is 5.45. The number of hydrogen-bond acceptors (Lipinski definition) is 2. The van der Waals surface area contributed by atoms with Crippen molar-refractivity contribution in [2.24, 2.45) is 7.05 Å². The quantitative estimate of drug-likeness (QED) is 0.690. The van der Waals surface area contributed by atoms with Gasteiger partial charge in [0.2, 0.25) is 0 Å². The fourth-order valence-corrected chi connectivity index (χ4v) is 2.84. The number of nitrogens with zero attached hydrogens (tertiary/aromatic N) is 2. The van der Waals surface area contributed by atoms with Gasteiger partial charge < -0.3 is 4.74 Å². The smallest absolute Gasteiger partial charge is 0.122 e. The highest BCUT2D eigenvalue weighted by atomic mass is 79.9. The van der Waals surface area contributed by atoms with Crippen molar-refractivity contribution in [3.63, 3.8) is 0 Å². The van der Waals surface area contributed by atoms with E-state index in [1.54, 1.807) is 7.11 Å². The second-order valence-electron chi connectivity index (χ2n) is 5.17. The number of benzene rings is 2. The summed E-state index contributed by atoms with van der Waals surface area (Å²) in [5.74, 6) is 0.910. The van der Waals surface area contributed by atoms with Gasteiger partial charge in [0.25, 0.3) is 0 Å². The van der Waals surface area contributed by atoms with Gasteiger partial charge in [-0.3, -0.25) is 4.68 Å². The van der Waals surface area contributed by atoms with Gasteiger partial charge in [-0.1, -0.05) is 46.3 Å². The zero-order valence-electron chi connectivity index (χ0n) is 12.6. The van der Waals surface area contributed by atoms with Crippen molar-refractivity contribution in [2.75, 3.05) is 7.11 Å². The molecular weight excluding hydrogens is 340 g/mol. The van der Waals surface area contributed by atoms with Crippen LogP contribution < -0.4 is 4.74 Å². The number of para-hydroxylation sites is 1. The predicted octanol–water partition coefficient (Wildman–Crippen LogP) is 4.45. The minimum atomic E-state index is 0.795. The lowest BCUT2D eigenvalue weighted by Gasteiger charge is -2.08. The molecule has 0 unspecified atom stereocenters. The molecular formula is C18H17BrN2O. The Hall–Kier alpha value is -2.07. The summed E-state index contributed by atoms with van der Waals surface area (Å²) in [5, 5.41) is 4.62. The highest BCUT2D eigenvalue weighted by Gasteiger charge is 2.12. The van der Waals surface area contributed by atoms with Gasteiger partial charge in [0, 0.05) is 35.3 Å². The average molecular weight is 357 g/mol. The molecule has 3 rings (SSSR count). The maximum absolute atomic E-state index is 5.45. The summed E-state index contributed by atoms with van der Waals surface area (Å²) in [6.45, 7) is 0. The Morgan fingerprint density at radius 3 is 2.50 bits per heavy atom. The molecule has 0 radical (unpaired) electrons. The van der Waals surface area contributed by atoms with E-state index >= 15 is 0 Å². The molecule has 0 N–H and O–H groups in total. The molecule has 1 heterocycles. The molecule has 0 spiro atoms. The van der Waals surface area contributed by atoms with E-state index in [0.29, 0.717) is 0 Å². The molecule has 0 aliphatic carbocycles. The Morgan fingerprint density at radius 1 is 1.05 bits per heavy atom. The number of rotatable bonds is 4. The summed E-state index contributed by atoms with van der Waals surface area (Å²) in [6.07, 6.45) is 2.87. The summed E-state index contributed by atoms with van der Waals surface area (Å²) < 4.78 is 8.38. The van der Waals surface area contributed by atoms with E-state index in [9.17, 15) is 0 Å². The van der Waals surface area contributed by atoms with Crippen LogP contribution >= 0.6 is 15.9 Å². The molecule has 0 saturated heterocycles. The molecule has 0 bridgehead atoms. The van der Waals surface area contributed by atoms with Crippen LogP contribution in [0.4, 0.5) is 0 Å². The molecule has 3 aromatic rings. The van der Waals surface area contributed by atoms with Crippen LogP contribution in [-0.4, -0.2) is 16.9 Å². The van der Waals surface area contributed by atoms with Crippen LogP contribution in [0.3, 0.4) is 0 Å². The fourth-order valence-electron chi connectivity index (χ4n) is 2.57. The number of halogens is 1. The molecule has 112 valence electrons. The molecule has 3 nitrogen and oxygen atoms in total. The Kier molecular flexibility index (Phi) is 4.29. The highest BCUT2D eigenvalue weighted by Crippen LogP contribution is 2.28. The predicted molar refractivity (Wildman–Crippen MR) is 92.1 cm³/mol. The highest BCUT2D eigenvalue weighted by molar-refractivity contribution is 9.10. The van der Waals surface area contributed by atoms with Gasteiger partial charge in [-0.05, 0) is 23.8 Å². The van der Waals surface area contributed by atoms with E-state index in [4.69, 9.17) is 4.74 Å². The molecule has 1 aromatic heterocycles. The topological polar surface area (TPSA) is 27.1 Å². The molecule has 0 atom stereocenters. The van der Waals surface area contributed by atoms with Gasteiger partial charge in [-0.2, -0.15) is 5.10 Å². The van der Waals surface area contributed by atoms with E-state index in [2.05, 4.69) is 45.4 Å². The van der Waals surface area contributed by atoms with Gasteiger partial charge in [0.15, 0.2) is 0 Å². The second kappa shape index (κ2) is 6.36. The van der Waals surface area contributed by atoms with Crippen molar-refractivity contribution < 1.29 is 4.74 Å². The monoisotopic (exact) mass is 356 g/mol. The van der Waals surface area contributed by atoms with Crippen molar-refractivity contribution in [3.8, 4) is 17.0 Å². The number of aryl methyl sites for hydroxylation is 1. The molecule has 22 heavy (non-hydrogen) atoms. The standard InChI is InChI=1S/C18H17BrN2O/c1-21-12-15(11-14-5-3-4-6-17(14)22-2)18(20-21)13-7-9-16(19)10-8-13/h3-10,12H,11H2,1-2H3. The first-order valence-electron chi connectivity index (χ1n) is 7.07. The summed E-state index contributed by atoms with van der Waals surface area (Å²) in [4.78, 5) is 0. The van der Waals surface area contributed by atoms with Crippen LogP contribution in [0.2, 0.25) is 0 Å². The molecule has 0 aliphatic heterocycles. The molecule has 4 heteroatoms. The van der Waals surface area contributed by atoms with E-state index in [-0.39, 0.29) is 0 Å². The summed E-state index contributed by atoms with van der Waals surface area (Å²) in [6, 6.07) is 16.3. The van der Waals surface area contributed by atoms with Gasteiger partial charge >= 0.3 is 0 Å². The number of methoxy groups -OCH3 is 1. The first-order valence-corrected chi connectivity index (χ1v) is 7.87. The Morgan fingerprint density at radius 2 is 1.77 bits per heavy atom. The van der Waals surface area contributed by atoms with E-state index in [0.717, 1.165) is 33.5 Å². The summed E-state index contributed by atoms with van der Waals surface area (Å²) in [5.41, 5.74) is 4.49. The fraction of sp³-hybridized carbons (Fsp3) is 0.167. The summed E-state index contributed by atoms with van der Waals surface area (Å²) >= 11 is 3.47. The van der Waals surface area contributed by atoms with Crippen LogP contribution in [0.5, 0.6) is 5.75 Å². The molecule has 0 aliphatic rings. The van der Waals surface area contributed by atoms with Crippen molar-refractivity contribution in [1.29, 1.82) is 0 Å². The van der Waals surface area contributed by atoms with Crippen molar-refractivity contribution >= 4 is 15.9 Å². The van der Waals surface area contributed by atoms with E-state index in [1.165, 1.54) is 5.56 Å². The molecule has 0 saturated carbocycles. The molecule has 2 aromatic carbocycles. The lowest BCUT2D eigenvalue weighted by molar-refractivity contribution is 0.410. The van der Waals surface area contributed by atoms with Crippen LogP contribution in [0.1, 0.15) is 11.1 Å². The largest absolute Gasteiger partial charge is 0.496 e. The van der Waals surface area contributed by atoms with Crippen molar-refractivity contribution in [1.82, 2.24) is 9.78 Å². The zero-order valence-corrected chi connectivity index (χ0v) is 14.2. The SMILES string of the molecule is COc1ccccc1Cc1cn(C)nc1-c1ccc(Br)cc1. The number of hydrogen-bond donors (Lipinski definition) is 0. The molecule has 0 amide bonds. The van der Waals surface area contributed by atoms with Crippen molar-refractivity contribution in [2.45, 2.75) is 6.42 Å². The lowest BCUT2D eigenvalue weighted by atomic mass is 10.0. The summed E-state index contributed by atoms with van der Waals surface area (Å²) in [7, 11) is 3.66. The van der Waals surface area contributed by atoms with E-state index in [1.807, 2.05) is 42.1 Å². The van der Waals surface area contributed by atoms with Gasteiger partial charge in [-0.15, -0.1) is 0 Å². The maximum Gasteiger partial charge on any atom is 0.122 e. The first-order chi connectivity index (χ1) is 10.7. The Bertz CT molecular complexity index is 778. The molecule has 0 fully saturated rings. The number of ether oxygens (including phenoxy) is 1. The lowest BCUT2D eigenvalue weighted by Crippen LogP contribution is -1.94. The van der Waals surface area contributed by atoms with Crippen LogP contribution in [0.25, 0.3) is 11.3 Å². The van der Waals surface area contributed by atoms with Crippen LogP contribution in [-0.2, 0) is 13.5 Å². The number of aromatic nitrogens is 2. The Labute approximate surface area is 138 Å². The normalized spacial score (nSPS) is 10.7. The minimum absolute atomic E-state index is 0.795. The third-order valence-electron chi connectivity index (χ3n) is 3.60. The van der Waals surface area contributed by atoms with Gasteiger partial charge in [-0.25, -0.2) is 0 Å². The van der Waals surface area contributed by atoms with Crippen LogP contribution in [0, 0.1) is 0 Å². The van der Waals surface area contributed by atoms with E-state index < -0.39 is 0 Å². The first kappa shape index (κ1) is 14.9. The third kappa shape index (κ3) is 3.07. The minimum Gasteiger partial charge on any atom is -0.496 e. The Balaban J connectivity index is 1.99. The second-order valence-corrected chi connectivity index (χ2v) is 6.09. The van der Waals surface area contributed by atoms with Crippen molar-refractivity contribution in [3.05, 3.63) is 70.3 Å².